The molecule has 1 saturated carbocycles. The molecule has 0 spiro atoms. The molecule has 4 rings (SSSR count). The molecule has 0 amide bonds. The van der Waals surface area contributed by atoms with Crippen molar-refractivity contribution in [1.29, 1.82) is 0 Å². The van der Waals surface area contributed by atoms with Crippen molar-refractivity contribution in [3.8, 4) is 0 Å². The van der Waals surface area contributed by atoms with Crippen molar-refractivity contribution in [1.82, 2.24) is 9.97 Å². The highest BCUT2D eigenvalue weighted by Crippen LogP contribution is 2.36. The van der Waals surface area contributed by atoms with Crippen molar-refractivity contribution < 1.29 is 0 Å². The number of benzene rings is 1. The third-order valence-electron chi connectivity index (χ3n) is 5.47. The van der Waals surface area contributed by atoms with Crippen molar-refractivity contribution in [2.75, 3.05) is 0 Å². The van der Waals surface area contributed by atoms with Crippen molar-refractivity contribution in [3.63, 3.8) is 0 Å². The van der Waals surface area contributed by atoms with E-state index in [4.69, 9.17) is 0 Å². The summed E-state index contributed by atoms with van der Waals surface area (Å²) < 4.78 is 0. The third kappa shape index (κ3) is 3.63. The molecule has 0 aliphatic heterocycles. The van der Waals surface area contributed by atoms with Gasteiger partial charge in [0.1, 0.15) is 5.82 Å². The number of hydrogen-bond acceptors (Lipinski definition) is 2. The molecule has 122 valence electrons. The summed E-state index contributed by atoms with van der Waals surface area (Å²) in [6, 6.07) is 6.50. The van der Waals surface area contributed by atoms with E-state index in [1.54, 1.807) is 0 Å². The molecule has 0 saturated heterocycles. The van der Waals surface area contributed by atoms with Gasteiger partial charge in [0.25, 0.3) is 0 Å². The maximum Gasteiger partial charge on any atom is 0.127 e. The minimum absolute atomic E-state index is 0.716. The van der Waals surface area contributed by atoms with E-state index in [2.05, 4.69) is 48.9 Å². The van der Waals surface area contributed by atoms with Gasteiger partial charge in [-0.1, -0.05) is 38.5 Å². The molecule has 0 bridgehead atoms. The molecule has 1 aromatic heterocycles. The van der Waals surface area contributed by atoms with Gasteiger partial charge in [-0.05, 0) is 66.0 Å². The second kappa shape index (κ2) is 7.25. The number of aryl methyl sites for hydroxylation is 2. The van der Waals surface area contributed by atoms with Crippen molar-refractivity contribution in [3.05, 3.63) is 58.0 Å². The Morgan fingerprint density at radius 2 is 1.70 bits per heavy atom. The molecule has 1 aromatic rings. The van der Waals surface area contributed by atoms with E-state index in [0.717, 1.165) is 18.2 Å². The maximum absolute atomic E-state index is 4.40. The first-order chi connectivity index (χ1) is 11.2. The lowest BCUT2D eigenvalue weighted by Gasteiger charge is -2.27. The fraction of sp³-hybridized carbons (Fsp3) is 0.524. The van der Waals surface area contributed by atoms with E-state index in [1.165, 1.54) is 53.7 Å². The van der Waals surface area contributed by atoms with Crippen LogP contribution in [0.2, 0.25) is 0 Å². The molecule has 3 aliphatic rings. The molecule has 3 aliphatic carbocycles. The van der Waals surface area contributed by atoms with Crippen molar-refractivity contribution in [2.24, 2.45) is 5.92 Å². The molecule has 0 aromatic carbocycles. The summed E-state index contributed by atoms with van der Waals surface area (Å²) in [7, 11) is 0. The van der Waals surface area contributed by atoms with E-state index >= 15 is 0 Å². The van der Waals surface area contributed by atoms with Crippen LogP contribution in [0, 0.1) is 23.3 Å². The van der Waals surface area contributed by atoms with Crippen LogP contribution in [0.25, 0.3) is 0 Å². The molecular formula is C21H28N2. The standard InChI is InChI=1S/C14H22N2.C7H6/c1-3-11-5-7-12(8-6-11)13-9-15-14(4-2)16-10-13;1-5-4-6-2-3-7(5)6/h9-12H,3-8H2,1-2H3;2-4H,1H3. The summed E-state index contributed by atoms with van der Waals surface area (Å²) >= 11 is 0. The molecule has 0 atom stereocenters. The van der Waals surface area contributed by atoms with Crippen LogP contribution in [0.4, 0.5) is 0 Å². The van der Waals surface area contributed by atoms with E-state index in [1.807, 2.05) is 12.4 Å². The predicted octanol–water partition coefficient (Wildman–Crippen LogP) is 5.32. The van der Waals surface area contributed by atoms with Gasteiger partial charge in [0, 0.05) is 18.8 Å². The molecule has 23 heavy (non-hydrogen) atoms. The Balaban J connectivity index is 0.000000183. The summed E-state index contributed by atoms with van der Waals surface area (Å²) in [6.07, 6.45) is 11.8. The first-order valence-corrected chi connectivity index (χ1v) is 9.13. The Morgan fingerprint density at radius 1 is 1.00 bits per heavy atom. The lowest BCUT2D eigenvalue weighted by atomic mass is 9.78. The molecular weight excluding hydrogens is 280 g/mol. The fourth-order valence-electron chi connectivity index (χ4n) is 3.64. The molecule has 1 fully saturated rings. The summed E-state index contributed by atoms with van der Waals surface area (Å²) in [5, 5.41) is 2.91. The fourth-order valence-corrected chi connectivity index (χ4v) is 3.64. The van der Waals surface area contributed by atoms with Crippen LogP contribution in [-0.2, 0) is 6.42 Å². The number of rotatable bonds is 3. The van der Waals surface area contributed by atoms with Crippen LogP contribution in [0.1, 0.15) is 68.8 Å². The van der Waals surface area contributed by atoms with Gasteiger partial charge in [0.05, 0.1) is 0 Å². The zero-order chi connectivity index (χ0) is 16.2. The normalized spacial score (nSPS) is 21.3. The van der Waals surface area contributed by atoms with Crippen LogP contribution < -0.4 is 0 Å². The molecule has 1 heterocycles. The van der Waals surface area contributed by atoms with E-state index < -0.39 is 0 Å². The summed E-state index contributed by atoms with van der Waals surface area (Å²) in [5.74, 6) is 2.65. The average molecular weight is 308 g/mol. The average Bonchev–Trinajstić information content (AvgIpc) is 2.60. The molecule has 2 nitrogen and oxygen atoms in total. The highest BCUT2D eigenvalue weighted by molar-refractivity contribution is 5.31. The van der Waals surface area contributed by atoms with Gasteiger partial charge >= 0.3 is 0 Å². The first-order valence-electron chi connectivity index (χ1n) is 9.13. The van der Waals surface area contributed by atoms with Crippen LogP contribution >= 0.6 is 0 Å². The minimum Gasteiger partial charge on any atom is -0.241 e. The zero-order valence-electron chi connectivity index (χ0n) is 14.7. The third-order valence-corrected chi connectivity index (χ3v) is 5.47. The highest BCUT2D eigenvalue weighted by Gasteiger charge is 2.21. The van der Waals surface area contributed by atoms with Crippen LogP contribution in [0.5, 0.6) is 0 Å². The minimum atomic E-state index is 0.716. The molecule has 0 radical (unpaired) electrons. The number of hydrogen-bond donors (Lipinski definition) is 0. The smallest absolute Gasteiger partial charge is 0.127 e. The second-order valence-electron chi connectivity index (χ2n) is 6.94. The highest BCUT2D eigenvalue weighted by atomic mass is 14.9. The number of nitrogens with zero attached hydrogens (tertiary/aromatic N) is 2. The van der Waals surface area contributed by atoms with Gasteiger partial charge in [-0.2, -0.15) is 0 Å². The lowest BCUT2D eigenvalue weighted by molar-refractivity contribution is 0.318. The topological polar surface area (TPSA) is 25.8 Å². The Hall–Kier alpha value is -1.70. The van der Waals surface area contributed by atoms with Gasteiger partial charge < -0.3 is 0 Å². The SMILES string of the molecule is CCc1ncc(C2CCC(CC)CC2)cn1.Cc1cc2ccc1=2. The molecule has 2 heteroatoms. The first kappa shape index (κ1) is 16.2. The zero-order valence-corrected chi connectivity index (χ0v) is 14.7. The Morgan fingerprint density at radius 3 is 2.04 bits per heavy atom. The van der Waals surface area contributed by atoms with Crippen LogP contribution in [0.15, 0.2) is 30.6 Å². The molecule has 0 unspecified atom stereocenters. The van der Waals surface area contributed by atoms with Gasteiger partial charge in [0.2, 0.25) is 0 Å². The van der Waals surface area contributed by atoms with Gasteiger partial charge in [-0.15, -0.1) is 0 Å². The summed E-state index contributed by atoms with van der Waals surface area (Å²) in [4.78, 5) is 8.80. The van der Waals surface area contributed by atoms with Crippen molar-refractivity contribution in [2.45, 2.75) is 65.2 Å². The summed E-state index contributed by atoms with van der Waals surface area (Å²) in [6.45, 7) is 6.55. The monoisotopic (exact) mass is 308 g/mol. The van der Waals surface area contributed by atoms with Gasteiger partial charge in [-0.3, -0.25) is 0 Å². The Bertz CT molecular complexity index is 725. The molecule has 0 N–H and O–H groups in total. The van der Waals surface area contributed by atoms with E-state index in [0.29, 0.717) is 5.92 Å². The Labute approximate surface area is 139 Å². The van der Waals surface area contributed by atoms with Gasteiger partial charge in [-0.25, -0.2) is 9.97 Å². The number of aromatic nitrogens is 2. The quantitative estimate of drug-likeness (QED) is 0.654. The second-order valence-corrected chi connectivity index (χ2v) is 6.94. The van der Waals surface area contributed by atoms with E-state index in [-0.39, 0.29) is 0 Å². The Kier molecular flexibility index (Phi) is 5.09. The van der Waals surface area contributed by atoms with Gasteiger partial charge in [0.15, 0.2) is 0 Å². The van der Waals surface area contributed by atoms with Crippen LogP contribution in [0.3, 0.4) is 0 Å². The summed E-state index contributed by atoms with van der Waals surface area (Å²) in [5.41, 5.74) is 2.80. The predicted molar refractivity (Wildman–Crippen MR) is 95.3 cm³/mol. The lowest BCUT2D eigenvalue weighted by Crippen LogP contribution is -2.13. The largest absolute Gasteiger partial charge is 0.241 e. The van der Waals surface area contributed by atoms with E-state index in [9.17, 15) is 0 Å². The van der Waals surface area contributed by atoms with Crippen LogP contribution in [-0.4, -0.2) is 9.97 Å². The van der Waals surface area contributed by atoms with Crippen molar-refractivity contribution >= 4 is 0 Å². The maximum atomic E-state index is 4.40.